The SMILES string of the molecule is C=CCSC(=O)N1CCC[C@H]2CCCC[C@@H]21. The third kappa shape index (κ3) is 2.62. The second kappa shape index (κ2) is 5.76. The van der Waals surface area contributed by atoms with Gasteiger partial charge in [0.15, 0.2) is 0 Å². The van der Waals surface area contributed by atoms with Gasteiger partial charge in [-0.15, -0.1) is 6.58 Å². The second-order valence-corrected chi connectivity index (χ2v) is 5.78. The number of carbonyl (C=O) groups is 1. The number of hydrogen-bond acceptors (Lipinski definition) is 2. The molecule has 1 aliphatic carbocycles. The molecule has 0 bridgehead atoms. The van der Waals surface area contributed by atoms with Gasteiger partial charge >= 0.3 is 0 Å². The quantitative estimate of drug-likeness (QED) is 0.685. The fourth-order valence-electron chi connectivity index (χ4n) is 3.06. The zero-order valence-electron chi connectivity index (χ0n) is 9.86. The van der Waals surface area contributed by atoms with Gasteiger partial charge in [-0.05, 0) is 31.6 Å². The molecule has 90 valence electrons. The summed E-state index contributed by atoms with van der Waals surface area (Å²) in [6, 6.07) is 0.548. The predicted molar refractivity (Wildman–Crippen MR) is 69.7 cm³/mol. The number of rotatable bonds is 2. The van der Waals surface area contributed by atoms with E-state index in [4.69, 9.17) is 0 Å². The van der Waals surface area contributed by atoms with Crippen molar-refractivity contribution in [3.05, 3.63) is 12.7 Å². The molecule has 1 aliphatic heterocycles. The average molecular weight is 239 g/mol. The number of thioether (sulfide) groups is 1. The molecule has 0 radical (unpaired) electrons. The van der Waals surface area contributed by atoms with Crippen molar-refractivity contribution in [3.63, 3.8) is 0 Å². The highest BCUT2D eigenvalue weighted by molar-refractivity contribution is 8.13. The molecular formula is C13H21NOS. The summed E-state index contributed by atoms with van der Waals surface area (Å²) in [6.45, 7) is 4.64. The Morgan fingerprint density at radius 3 is 2.88 bits per heavy atom. The molecule has 0 N–H and O–H groups in total. The van der Waals surface area contributed by atoms with Crippen molar-refractivity contribution in [1.29, 1.82) is 0 Å². The summed E-state index contributed by atoms with van der Waals surface area (Å²) in [5, 5.41) is 0.275. The zero-order valence-corrected chi connectivity index (χ0v) is 10.7. The van der Waals surface area contributed by atoms with Crippen molar-refractivity contribution in [2.45, 2.75) is 44.6 Å². The molecule has 2 atom stereocenters. The van der Waals surface area contributed by atoms with E-state index in [2.05, 4.69) is 11.5 Å². The number of fused-ring (bicyclic) bond motifs is 1. The minimum atomic E-state index is 0.275. The Balaban J connectivity index is 1.96. The van der Waals surface area contributed by atoms with Crippen LogP contribution in [0.4, 0.5) is 4.79 Å². The van der Waals surface area contributed by atoms with Gasteiger partial charge in [0.1, 0.15) is 0 Å². The first kappa shape index (κ1) is 12.0. The van der Waals surface area contributed by atoms with Crippen molar-refractivity contribution in [2.24, 2.45) is 5.92 Å². The minimum Gasteiger partial charge on any atom is -0.330 e. The Hall–Kier alpha value is -0.440. The predicted octanol–water partition coefficient (Wildman–Crippen LogP) is 3.68. The summed E-state index contributed by atoms with van der Waals surface area (Å²) >= 11 is 1.41. The van der Waals surface area contributed by atoms with E-state index in [0.29, 0.717) is 6.04 Å². The van der Waals surface area contributed by atoms with Crippen LogP contribution >= 0.6 is 11.8 Å². The number of carbonyl (C=O) groups excluding carboxylic acids is 1. The standard InChI is InChI=1S/C13H21NOS/c1-2-10-16-13(15)14-9-5-7-11-6-3-4-8-12(11)14/h2,11-12H,1,3-10H2/t11-,12+/m1/s1. The van der Waals surface area contributed by atoms with E-state index in [1.807, 2.05) is 6.08 Å². The third-order valence-corrected chi connectivity index (χ3v) is 4.69. The molecule has 1 saturated heterocycles. The molecule has 1 heterocycles. The van der Waals surface area contributed by atoms with Crippen LogP contribution in [0.1, 0.15) is 38.5 Å². The normalized spacial score (nSPS) is 29.6. The number of piperidine rings is 1. The molecule has 0 spiro atoms. The Morgan fingerprint density at radius 1 is 1.31 bits per heavy atom. The van der Waals surface area contributed by atoms with Crippen LogP contribution in [-0.4, -0.2) is 28.5 Å². The van der Waals surface area contributed by atoms with E-state index in [1.54, 1.807) is 0 Å². The van der Waals surface area contributed by atoms with E-state index in [0.717, 1.165) is 18.2 Å². The summed E-state index contributed by atoms with van der Waals surface area (Å²) in [4.78, 5) is 14.2. The smallest absolute Gasteiger partial charge is 0.282 e. The van der Waals surface area contributed by atoms with Gasteiger partial charge in [0.2, 0.25) is 0 Å². The van der Waals surface area contributed by atoms with Crippen molar-refractivity contribution in [3.8, 4) is 0 Å². The molecule has 0 aromatic rings. The van der Waals surface area contributed by atoms with Gasteiger partial charge in [-0.1, -0.05) is 30.7 Å². The van der Waals surface area contributed by atoms with Crippen LogP contribution in [0.15, 0.2) is 12.7 Å². The van der Waals surface area contributed by atoms with Gasteiger partial charge in [-0.25, -0.2) is 0 Å². The zero-order chi connectivity index (χ0) is 11.4. The molecule has 2 fully saturated rings. The van der Waals surface area contributed by atoms with Crippen LogP contribution < -0.4 is 0 Å². The summed E-state index contributed by atoms with van der Waals surface area (Å²) in [6.07, 6.45) is 9.57. The number of nitrogens with zero attached hydrogens (tertiary/aromatic N) is 1. The van der Waals surface area contributed by atoms with E-state index in [1.165, 1.54) is 50.3 Å². The number of amides is 1. The van der Waals surface area contributed by atoms with Gasteiger partial charge in [-0.3, -0.25) is 4.79 Å². The van der Waals surface area contributed by atoms with Crippen LogP contribution in [0.2, 0.25) is 0 Å². The van der Waals surface area contributed by atoms with Crippen LogP contribution in [0.5, 0.6) is 0 Å². The molecule has 1 saturated carbocycles. The lowest BCUT2D eigenvalue weighted by Gasteiger charge is -2.43. The molecule has 0 aromatic carbocycles. The van der Waals surface area contributed by atoms with E-state index in [9.17, 15) is 4.79 Å². The Bertz CT molecular complexity index is 265. The van der Waals surface area contributed by atoms with Gasteiger partial charge in [0, 0.05) is 18.3 Å². The highest BCUT2D eigenvalue weighted by Crippen LogP contribution is 2.36. The molecule has 3 heteroatoms. The lowest BCUT2D eigenvalue weighted by Crippen LogP contribution is -2.48. The molecule has 16 heavy (non-hydrogen) atoms. The summed E-state index contributed by atoms with van der Waals surface area (Å²) in [5.41, 5.74) is 0. The lowest BCUT2D eigenvalue weighted by atomic mass is 9.78. The van der Waals surface area contributed by atoms with Crippen molar-refractivity contribution in [1.82, 2.24) is 4.90 Å². The molecule has 0 aromatic heterocycles. The van der Waals surface area contributed by atoms with Crippen molar-refractivity contribution >= 4 is 17.0 Å². The maximum absolute atomic E-state index is 12.1. The molecule has 0 unspecified atom stereocenters. The van der Waals surface area contributed by atoms with E-state index >= 15 is 0 Å². The molecule has 2 rings (SSSR count). The first-order chi connectivity index (χ1) is 7.83. The van der Waals surface area contributed by atoms with Crippen LogP contribution in [0.25, 0.3) is 0 Å². The van der Waals surface area contributed by atoms with Crippen LogP contribution in [-0.2, 0) is 0 Å². The maximum Gasteiger partial charge on any atom is 0.282 e. The van der Waals surface area contributed by atoms with Gasteiger partial charge in [-0.2, -0.15) is 0 Å². The van der Waals surface area contributed by atoms with Crippen LogP contribution in [0.3, 0.4) is 0 Å². The number of likely N-dealkylation sites (tertiary alicyclic amines) is 1. The van der Waals surface area contributed by atoms with Gasteiger partial charge in [0.25, 0.3) is 5.24 Å². The Morgan fingerprint density at radius 2 is 2.06 bits per heavy atom. The largest absolute Gasteiger partial charge is 0.330 e. The van der Waals surface area contributed by atoms with Crippen molar-refractivity contribution < 1.29 is 4.79 Å². The summed E-state index contributed by atoms with van der Waals surface area (Å²) in [7, 11) is 0. The van der Waals surface area contributed by atoms with Gasteiger partial charge in [0.05, 0.1) is 0 Å². The van der Waals surface area contributed by atoms with Gasteiger partial charge < -0.3 is 4.90 Å². The third-order valence-electron chi connectivity index (χ3n) is 3.80. The van der Waals surface area contributed by atoms with Crippen molar-refractivity contribution in [2.75, 3.05) is 12.3 Å². The fraction of sp³-hybridized carbons (Fsp3) is 0.769. The highest BCUT2D eigenvalue weighted by atomic mass is 32.2. The molecular weight excluding hydrogens is 218 g/mol. The summed E-state index contributed by atoms with van der Waals surface area (Å²) < 4.78 is 0. The van der Waals surface area contributed by atoms with E-state index in [-0.39, 0.29) is 5.24 Å². The van der Waals surface area contributed by atoms with Crippen LogP contribution in [0, 0.1) is 5.92 Å². The Labute approximate surface area is 102 Å². The first-order valence-corrected chi connectivity index (χ1v) is 7.36. The van der Waals surface area contributed by atoms with E-state index < -0.39 is 0 Å². The minimum absolute atomic E-state index is 0.275. The fourth-order valence-corrected chi connectivity index (χ4v) is 3.72. The molecule has 2 nitrogen and oxygen atoms in total. The average Bonchev–Trinajstić information content (AvgIpc) is 2.35. The monoisotopic (exact) mass is 239 g/mol. The molecule has 2 aliphatic rings. The number of hydrogen-bond donors (Lipinski definition) is 0. The lowest BCUT2D eigenvalue weighted by molar-refractivity contribution is 0.0968. The first-order valence-electron chi connectivity index (χ1n) is 6.37. The summed E-state index contributed by atoms with van der Waals surface area (Å²) in [5.74, 6) is 1.53. The second-order valence-electron chi connectivity index (χ2n) is 4.81. The highest BCUT2D eigenvalue weighted by Gasteiger charge is 2.35. The Kier molecular flexibility index (Phi) is 4.33. The maximum atomic E-state index is 12.1. The topological polar surface area (TPSA) is 20.3 Å². The molecule has 1 amide bonds.